The van der Waals surface area contributed by atoms with E-state index in [1.807, 2.05) is 6.07 Å². The summed E-state index contributed by atoms with van der Waals surface area (Å²) in [4.78, 5) is 70.8. The van der Waals surface area contributed by atoms with Gasteiger partial charge in [-0.2, -0.15) is 0 Å². The van der Waals surface area contributed by atoms with E-state index in [-0.39, 0.29) is 37.0 Å². The zero-order valence-corrected chi connectivity index (χ0v) is 26.8. The first-order valence-corrected chi connectivity index (χ1v) is 15.4. The zero-order valence-electron chi connectivity index (χ0n) is 26.8. The first-order valence-electron chi connectivity index (χ1n) is 15.4. The molecule has 0 radical (unpaired) electrons. The number of nitrogens with one attached hydrogen (secondary N) is 7. The average Bonchev–Trinajstić information content (AvgIpc) is 3.01. The van der Waals surface area contributed by atoms with Gasteiger partial charge in [0, 0.05) is 33.1 Å². The van der Waals surface area contributed by atoms with E-state index in [1.165, 1.54) is 0 Å². The SMILES string of the molecule is CC[C@@H]1NC(=O)[C@@H](CCCNC(=NC)NC)NC(=O)[C@](C)(NC(=O)C(C)C)CCCCNC(=O)[C@@H](c2ccccc2)NC1=O. The highest BCUT2D eigenvalue weighted by Crippen LogP contribution is 2.18. The standard InChI is InChI=1S/C31H50N8O5/c1-7-22-26(41)38-24(21-14-9-8-10-15-21)28(43)34-18-12-11-17-31(4,39-25(40)20(2)3)29(44)37-23(27(42)36-22)16-13-19-35-30(32-5)33-6/h8-10,14-15,20,22-24H,7,11-13,16-19H2,1-6H3,(H,34,43)(H,36,42)(H,37,44)(H,38,41)(H,39,40)(H2,32,33,35)/t22-,23+,24+,31+/m0/s1. The highest BCUT2D eigenvalue weighted by molar-refractivity contribution is 5.97. The Kier molecular flexibility index (Phi) is 14.6. The summed E-state index contributed by atoms with van der Waals surface area (Å²) >= 11 is 0. The Hall–Kier alpha value is -4.16. The molecule has 0 spiro atoms. The molecule has 7 N–H and O–H groups in total. The molecule has 4 atom stereocenters. The van der Waals surface area contributed by atoms with Crippen LogP contribution in [0.3, 0.4) is 0 Å². The van der Waals surface area contributed by atoms with Crippen molar-refractivity contribution in [3.63, 3.8) is 0 Å². The molecular weight excluding hydrogens is 564 g/mol. The lowest BCUT2D eigenvalue weighted by Crippen LogP contribution is -2.62. The van der Waals surface area contributed by atoms with Crippen molar-refractivity contribution >= 4 is 35.5 Å². The monoisotopic (exact) mass is 614 g/mol. The smallest absolute Gasteiger partial charge is 0.247 e. The summed E-state index contributed by atoms with van der Waals surface area (Å²) in [5.41, 5.74) is -0.694. The molecule has 0 aromatic heterocycles. The van der Waals surface area contributed by atoms with Crippen LogP contribution in [0.4, 0.5) is 0 Å². The van der Waals surface area contributed by atoms with E-state index in [1.54, 1.807) is 66.1 Å². The predicted octanol–water partition coefficient (Wildman–Crippen LogP) is 0.630. The molecule has 1 aromatic rings. The number of hydrogen-bond acceptors (Lipinski definition) is 6. The summed E-state index contributed by atoms with van der Waals surface area (Å²) in [6.07, 6.45) is 2.33. The van der Waals surface area contributed by atoms with Crippen LogP contribution < -0.4 is 37.2 Å². The Morgan fingerprint density at radius 2 is 1.68 bits per heavy atom. The molecule has 244 valence electrons. The zero-order chi connectivity index (χ0) is 32.7. The number of amides is 5. The topological polar surface area (TPSA) is 182 Å². The third-order valence-electron chi connectivity index (χ3n) is 7.59. The van der Waals surface area contributed by atoms with Crippen LogP contribution in [0.2, 0.25) is 0 Å². The Morgan fingerprint density at radius 1 is 1.00 bits per heavy atom. The number of carbonyl (C=O) groups is 5. The first-order chi connectivity index (χ1) is 20.9. The number of aliphatic imine (C=N–C) groups is 1. The lowest BCUT2D eigenvalue weighted by molar-refractivity contribution is -0.137. The molecule has 1 heterocycles. The van der Waals surface area contributed by atoms with Crippen LogP contribution in [0.15, 0.2) is 35.3 Å². The van der Waals surface area contributed by atoms with Crippen LogP contribution >= 0.6 is 0 Å². The summed E-state index contributed by atoms with van der Waals surface area (Å²) in [5, 5.41) is 20.2. The van der Waals surface area contributed by atoms with E-state index in [4.69, 9.17) is 0 Å². The Balaban J connectivity index is 2.40. The van der Waals surface area contributed by atoms with E-state index in [0.29, 0.717) is 43.9 Å². The van der Waals surface area contributed by atoms with Gasteiger partial charge in [-0.05, 0) is 51.0 Å². The summed E-state index contributed by atoms with van der Waals surface area (Å²) < 4.78 is 0. The van der Waals surface area contributed by atoms with E-state index < -0.39 is 41.4 Å². The maximum absolute atomic E-state index is 13.7. The van der Waals surface area contributed by atoms with Gasteiger partial charge in [0.1, 0.15) is 23.7 Å². The van der Waals surface area contributed by atoms with Gasteiger partial charge in [-0.1, -0.05) is 51.1 Å². The van der Waals surface area contributed by atoms with Crippen molar-refractivity contribution in [3.05, 3.63) is 35.9 Å². The predicted molar refractivity (Wildman–Crippen MR) is 169 cm³/mol. The highest BCUT2D eigenvalue weighted by Gasteiger charge is 2.38. The van der Waals surface area contributed by atoms with Gasteiger partial charge in [-0.15, -0.1) is 0 Å². The van der Waals surface area contributed by atoms with Gasteiger partial charge in [0.2, 0.25) is 29.5 Å². The summed E-state index contributed by atoms with van der Waals surface area (Å²) in [6.45, 7) is 7.66. The molecule has 1 fully saturated rings. The molecule has 0 aliphatic carbocycles. The third-order valence-corrected chi connectivity index (χ3v) is 7.59. The number of guanidine groups is 1. The van der Waals surface area contributed by atoms with Gasteiger partial charge in [0.05, 0.1) is 0 Å². The fourth-order valence-corrected chi connectivity index (χ4v) is 4.76. The van der Waals surface area contributed by atoms with Crippen molar-refractivity contribution in [1.82, 2.24) is 37.2 Å². The third kappa shape index (κ3) is 10.8. The Bertz CT molecular complexity index is 1160. The van der Waals surface area contributed by atoms with E-state index in [9.17, 15) is 24.0 Å². The Labute approximate surface area is 260 Å². The number of hydrogen-bond donors (Lipinski definition) is 7. The summed E-state index contributed by atoms with van der Waals surface area (Å²) in [6, 6.07) is 6.01. The molecule has 1 aromatic carbocycles. The van der Waals surface area contributed by atoms with Gasteiger partial charge in [0.15, 0.2) is 5.96 Å². The van der Waals surface area contributed by atoms with E-state index >= 15 is 0 Å². The van der Waals surface area contributed by atoms with Crippen molar-refractivity contribution < 1.29 is 24.0 Å². The second-order valence-corrected chi connectivity index (χ2v) is 11.5. The molecule has 1 aliphatic heterocycles. The minimum Gasteiger partial charge on any atom is -0.359 e. The maximum atomic E-state index is 13.7. The molecule has 0 unspecified atom stereocenters. The fourth-order valence-electron chi connectivity index (χ4n) is 4.76. The quantitative estimate of drug-likeness (QED) is 0.127. The van der Waals surface area contributed by atoms with E-state index in [0.717, 1.165) is 0 Å². The molecule has 2 rings (SSSR count). The van der Waals surface area contributed by atoms with Crippen molar-refractivity contribution in [2.24, 2.45) is 10.9 Å². The minimum atomic E-state index is -1.30. The largest absolute Gasteiger partial charge is 0.359 e. The van der Waals surface area contributed by atoms with Crippen molar-refractivity contribution in [2.75, 3.05) is 27.2 Å². The molecular formula is C31H50N8O5. The van der Waals surface area contributed by atoms with Crippen LogP contribution in [0.5, 0.6) is 0 Å². The van der Waals surface area contributed by atoms with Crippen molar-refractivity contribution in [1.29, 1.82) is 0 Å². The van der Waals surface area contributed by atoms with Crippen molar-refractivity contribution in [2.45, 2.75) is 89.9 Å². The molecule has 0 saturated carbocycles. The second-order valence-electron chi connectivity index (χ2n) is 11.5. The molecule has 44 heavy (non-hydrogen) atoms. The molecule has 1 saturated heterocycles. The maximum Gasteiger partial charge on any atom is 0.247 e. The van der Waals surface area contributed by atoms with Gasteiger partial charge in [0.25, 0.3) is 0 Å². The van der Waals surface area contributed by atoms with Gasteiger partial charge in [-0.3, -0.25) is 29.0 Å². The molecule has 0 bridgehead atoms. The molecule has 1 aliphatic rings. The number of rotatable bonds is 8. The van der Waals surface area contributed by atoms with Crippen LogP contribution in [0, 0.1) is 5.92 Å². The van der Waals surface area contributed by atoms with Crippen LogP contribution in [-0.2, 0) is 24.0 Å². The van der Waals surface area contributed by atoms with Gasteiger partial charge >= 0.3 is 0 Å². The average molecular weight is 615 g/mol. The van der Waals surface area contributed by atoms with E-state index in [2.05, 4.69) is 42.2 Å². The van der Waals surface area contributed by atoms with Crippen LogP contribution in [-0.4, -0.2) is 80.3 Å². The number of nitrogens with zero attached hydrogens (tertiary/aromatic N) is 1. The number of carbonyl (C=O) groups excluding carboxylic acids is 5. The first kappa shape index (κ1) is 36.0. The van der Waals surface area contributed by atoms with Gasteiger partial charge < -0.3 is 37.2 Å². The summed E-state index contributed by atoms with van der Waals surface area (Å²) in [7, 11) is 3.38. The van der Waals surface area contributed by atoms with Gasteiger partial charge in [-0.25, -0.2) is 0 Å². The fraction of sp³-hybridized carbons (Fsp3) is 0.613. The van der Waals surface area contributed by atoms with Crippen LogP contribution in [0.25, 0.3) is 0 Å². The minimum absolute atomic E-state index is 0.254. The highest BCUT2D eigenvalue weighted by atomic mass is 16.2. The molecule has 13 heteroatoms. The second kappa shape index (κ2) is 17.8. The van der Waals surface area contributed by atoms with Crippen molar-refractivity contribution in [3.8, 4) is 0 Å². The Morgan fingerprint density at radius 3 is 2.30 bits per heavy atom. The lowest BCUT2D eigenvalue weighted by Gasteiger charge is -2.33. The lowest BCUT2D eigenvalue weighted by atomic mass is 9.91. The summed E-state index contributed by atoms with van der Waals surface area (Å²) in [5.74, 6) is -2.00. The van der Waals surface area contributed by atoms with Crippen LogP contribution in [0.1, 0.15) is 77.8 Å². The number of benzene rings is 1. The molecule has 13 nitrogen and oxygen atoms in total. The normalized spacial score (nSPS) is 24.4. The molecule has 5 amide bonds.